The number of aromatic nitrogens is 2. The number of rotatable bonds is 7. The summed E-state index contributed by atoms with van der Waals surface area (Å²) in [7, 11) is 0. The van der Waals surface area contributed by atoms with Gasteiger partial charge in [-0.1, -0.05) is 49.0 Å². The van der Waals surface area contributed by atoms with E-state index in [9.17, 15) is 4.79 Å². The van der Waals surface area contributed by atoms with Crippen molar-refractivity contribution in [3.63, 3.8) is 0 Å². The van der Waals surface area contributed by atoms with E-state index in [2.05, 4.69) is 28.4 Å². The first-order valence-electron chi connectivity index (χ1n) is 6.92. The van der Waals surface area contributed by atoms with Gasteiger partial charge in [-0.05, 0) is 17.7 Å². The van der Waals surface area contributed by atoms with E-state index in [1.165, 1.54) is 0 Å². The van der Waals surface area contributed by atoms with Crippen molar-refractivity contribution in [3.8, 4) is 0 Å². The van der Waals surface area contributed by atoms with Crippen LogP contribution in [0.3, 0.4) is 0 Å². The first-order chi connectivity index (χ1) is 11.1. The number of hydrogen-bond acceptors (Lipinski definition) is 4. The zero-order valence-corrected chi connectivity index (χ0v) is 13.3. The molecule has 116 valence electrons. The van der Waals surface area contributed by atoms with Crippen LogP contribution in [0.15, 0.2) is 67.5 Å². The second-order valence-corrected chi connectivity index (χ2v) is 5.14. The standard InChI is InChI=1S/C18H16ClN3O/c1-3-14(8-13(2)12-23)17-10-20-11-18(22-17)21-9-15-6-4-5-7-16(15)19/h3-8,10-12H,1-2,9H2,(H,21,22)/b14-8+. The number of benzene rings is 1. The van der Waals surface area contributed by atoms with Crippen LogP contribution in [0, 0.1) is 0 Å². The number of halogens is 1. The van der Waals surface area contributed by atoms with Gasteiger partial charge in [0.05, 0.1) is 18.1 Å². The summed E-state index contributed by atoms with van der Waals surface area (Å²) in [4.78, 5) is 19.3. The number of carbonyl (C=O) groups excluding carboxylic acids is 1. The third kappa shape index (κ3) is 4.63. The molecule has 1 aromatic heterocycles. The normalized spacial score (nSPS) is 10.9. The lowest BCUT2D eigenvalue weighted by molar-refractivity contribution is -0.104. The molecule has 1 aromatic carbocycles. The Morgan fingerprint density at radius 3 is 2.78 bits per heavy atom. The third-order valence-electron chi connectivity index (χ3n) is 3.06. The molecule has 0 fully saturated rings. The van der Waals surface area contributed by atoms with Gasteiger partial charge in [-0.2, -0.15) is 0 Å². The van der Waals surface area contributed by atoms with Gasteiger partial charge in [0, 0.05) is 22.7 Å². The molecule has 5 heteroatoms. The summed E-state index contributed by atoms with van der Waals surface area (Å²) in [5, 5.41) is 3.87. The highest BCUT2D eigenvalue weighted by Crippen LogP contribution is 2.18. The van der Waals surface area contributed by atoms with Crippen molar-refractivity contribution in [2.45, 2.75) is 6.54 Å². The van der Waals surface area contributed by atoms with Crippen LogP contribution < -0.4 is 5.32 Å². The maximum atomic E-state index is 10.7. The van der Waals surface area contributed by atoms with Gasteiger partial charge in [-0.25, -0.2) is 4.98 Å². The van der Waals surface area contributed by atoms with Crippen molar-refractivity contribution in [2.75, 3.05) is 5.32 Å². The molecule has 0 atom stereocenters. The number of aldehydes is 1. The zero-order chi connectivity index (χ0) is 16.7. The van der Waals surface area contributed by atoms with Gasteiger partial charge in [0.15, 0.2) is 0 Å². The molecule has 0 spiro atoms. The highest BCUT2D eigenvalue weighted by Gasteiger charge is 2.04. The van der Waals surface area contributed by atoms with Crippen LogP contribution in [0.2, 0.25) is 5.02 Å². The molecule has 0 aliphatic rings. The molecule has 0 saturated heterocycles. The zero-order valence-electron chi connectivity index (χ0n) is 12.5. The van der Waals surface area contributed by atoms with Gasteiger partial charge in [0.2, 0.25) is 0 Å². The lowest BCUT2D eigenvalue weighted by Crippen LogP contribution is -2.03. The average Bonchev–Trinajstić information content (AvgIpc) is 2.59. The minimum atomic E-state index is 0.344. The number of nitrogens with one attached hydrogen (secondary N) is 1. The molecule has 0 unspecified atom stereocenters. The van der Waals surface area contributed by atoms with Crippen LogP contribution in [0.5, 0.6) is 0 Å². The van der Waals surface area contributed by atoms with Gasteiger partial charge in [-0.3, -0.25) is 9.78 Å². The topological polar surface area (TPSA) is 54.9 Å². The monoisotopic (exact) mass is 325 g/mol. The molecule has 2 rings (SSSR count). The highest BCUT2D eigenvalue weighted by atomic mass is 35.5. The number of anilines is 1. The largest absolute Gasteiger partial charge is 0.365 e. The molecule has 0 saturated carbocycles. The maximum absolute atomic E-state index is 10.7. The molecule has 4 nitrogen and oxygen atoms in total. The van der Waals surface area contributed by atoms with Crippen molar-refractivity contribution < 1.29 is 4.79 Å². The summed E-state index contributed by atoms with van der Waals surface area (Å²) >= 11 is 6.13. The Hall–Kier alpha value is -2.72. The quantitative estimate of drug-likeness (QED) is 0.473. The van der Waals surface area contributed by atoms with E-state index >= 15 is 0 Å². The molecule has 0 aliphatic carbocycles. The van der Waals surface area contributed by atoms with Crippen molar-refractivity contribution in [2.24, 2.45) is 0 Å². The van der Waals surface area contributed by atoms with Crippen LogP contribution in [0.4, 0.5) is 5.82 Å². The predicted molar refractivity (Wildman–Crippen MR) is 94.2 cm³/mol. The minimum Gasteiger partial charge on any atom is -0.365 e. The van der Waals surface area contributed by atoms with Crippen LogP contribution in [0.25, 0.3) is 5.57 Å². The van der Waals surface area contributed by atoms with Gasteiger partial charge in [0.25, 0.3) is 0 Å². The van der Waals surface area contributed by atoms with E-state index in [-0.39, 0.29) is 0 Å². The Bertz CT molecular complexity index is 768. The predicted octanol–water partition coefficient (Wildman–Crippen LogP) is 4.07. The summed E-state index contributed by atoms with van der Waals surface area (Å²) in [5.74, 6) is 0.604. The Morgan fingerprint density at radius 1 is 1.30 bits per heavy atom. The van der Waals surface area contributed by atoms with Crippen LogP contribution in [-0.2, 0) is 11.3 Å². The molecule has 0 bridgehead atoms. The SMILES string of the molecule is C=C/C(=C\C(=C)C=O)c1cncc(NCc2ccccc2Cl)n1. The summed E-state index contributed by atoms with van der Waals surface area (Å²) in [6, 6.07) is 7.59. The molecule has 0 amide bonds. The van der Waals surface area contributed by atoms with Crippen molar-refractivity contribution >= 4 is 29.3 Å². The molecular formula is C18H16ClN3O. The molecule has 2 aromatic rings. The van der Waals surface area contributed by atoms with Gasteiger partial charge in [0.1, 0.15) is 12.1 Å². The van der Waals surface area contributed by atoms with Crippen molar-refractivity contribution in [3.05, 3.63) is 83.8 Å². The second-order valence-electron chi connectivity index (χ2n) is 4.73. The van der Waals surface area contributed by atoms with E-state index in [0.717, 1.165) is 5.56 Å². The Morgan fingerprint density at radius 2 is 2.09 bits per heavy atom. The van der Waals surface area contributed by atoms with Crippen LogP contribution in [-0.4, -0.2) is 16.3 Å². The third-order valence-corrected chi connectivity index (χ3v) is 3.43. The maximum Gasteiger partial charge on any atom is 0.149 e. The lowest BCUT2D eigenvalue weighted by Gasteiger charge is -2.09. The van der Waals surface area contributed by atoms with E-state index in [4.69, 9.17) is 11.6 Å². The smallest absolute Gasteiger partial charge is 0.149 e. The molecule has 1 heterocycles. The average molecular weight is 326 g/mol. The number of hydrogen-bond donors (Lipinski definition) is 1. The van der Waals surface area contributed by atoms with E-state index in [1.54, 1.807) is 24.5 Å². The highest BCUT2D eigenvalue weighted by molar-refractivity contribution is 6.31. The van der Waals surface area contributed by atoms with Gasteiger partial charge >= 0.3 is 0 Å². The summed E-state index contributed by atoms with van der Waals surface area (Å²) in [6.45, 7) is 7.89. The summed E-state index contributed by atoms with van der Waals surface area (Å²) < 4.78 is 0. The number of nitrogens with zero attached hydrogens (tertiary/aromatic N) is 2. The Kier molecular flexibility index (Phi) is 5.83. The molecule has 1 N–H and O–H groups in total. The van der Waals surface area contributed by atoms with Crippen LogP contribution >= 0.6 is 11.6 Å². The Balaban J connectivity index is 2.18. The first-order valence-corrected chi connectivity index (χ1v) is 7.29. The van der Waals surface area contributed by atoms with E-state index in [0.29, 0.717) is 40.5 Å². The van der Waals surface area contributed by atoms with Crippen LogP contribution in [0.1, 0.15) is 11.3 Å². The lowest BCUT2D eigenvalue weighted by atomic mass is 10.1. The molecule has 0 radical (unpaired) electrons. The fourth-order valence-electron chi connectivity index (χ4n) is 1.89. The fraction of sp³-hybridized carbons (Fsp3) is 0.0556. The Labute approximate surface area is 140 Å². The van der Waals surface area contributed by atoms with Crippen molar-refractivity contribution in [1.29, 1.82) is 0 Å². The summed E-state index contributed by atoms with van der Waals surface area (Å²) in [6.07, 6.45) is 7.12. The molecule has 23 heavy (non-hydrogen) atoms. The van der Waals surface area contributed by atoms with Gasteiger partial charge in [-0.15, -0.1) is 0 Å². The summed E-state index contributed by atoms with van der Waals surface area (Å²) in [5.41, 5.74) is 2.59. The molecule has 0 aliphatic heterocycles. The van der Waals surface area contributed by atoms with E-state index in [1.807, 2.05) is 24.3 Å². The fourth-order valence-corrected chi connectivity index (χ4v) is 2.09. The number of carbonyl (C=O) groups is 1. The van der Waals surface area contributed by atoms with E-state index < -0.39 is 0 Å². The molecular weight excluding hydrogens is 310 g/mol. The first kappa shape index (κ1) is 16.6. The second kappa shape index (κ2) is 8.06. The minimum absolute atomic E-state index is 0.344. The van der Waals surface area contributed by atoms with Crippen molar-refractivity contribution in [1.82, 2.24) is 9.97 Å². The number of allylic oxidation sites excluding steroid dienone is 4. The van der Waals surface area contributed by atoms with Gasteiger partial charge < -0.3 is 5.32 Å².